The second kappa shape index (κ2) is 6.49. The van der Waals surface area contributed by atoms with Crippen LogP contribution in [0, 0.1) is 17.0 Å². The lowest BCUT2D eigenvalue weighted by molar-refractivity contribution is -0.384. The number of rotatable bonds is 5. The van der Waals surface area contributed by atoms with Crippen molar-refractivity contribution in [3.8, 4) is 0 Å². The Bertz CT molecular complexity index is 461. The molecule has 98 valence electrons. The minimum absolute atomic E-state index is 0.0270. The first-order valence-corrected chi connectivity index (χ1v) is 6.42. The molecule has 6 heteroatoms. The average molecular weight is 316 g/mol. The number of nitrogens with zero attached hydrogens (tertiary/aromatic N) is 1. The van der Waals surface area contributed by atoms with E-state index in [0.717, 1.165) is 11.1 Å². The van der Waals surface area contributed by atoms with Gasteiger partial charge >= 0.3 is 5.97 Å². The zero-order chi connectivity index (χ0) is 13.7. The zero-order valence-electron chi connectivity index (χ0n) is 10.2. The number of carbonyl (C=O) groups is 1. The summed E-state index contributed by atoms with van der Waals surface area (Å²) in [4.78, 5) is 21.2. The van der Waals surface area contributed by atoms with Gasteiger partial charge in [0.2, 0.25) is 0 Å². The third kappa shape index (κ3) is 3.80. The second-order valence-corrected chi connectivity index (χ2v) is 4.90. The number of hydrogen-bond donors (Lipinski definition) is 0. The quantitative estimate of drug-likeness (QED) is 0.362. The molecule has 5 nitrogen and oxygen atoms in total. The SMILES string of the molecule is CCOC(=O)C(Br)Cc1cc([N+](=O)[O-])ccc1C. The van der Waals surface area contributed by atoms with E-state index < -0.39 is 9.75 Å². The van der Waals surface area contributed by atoms with Crippen molar-refractivity contribution in [2.75, 3.05) is 6.61 Å². The lowest BCUT2D eigenvalue weighted by Crippen LogP contribution is -2.20. The van der Waals surface area contributed by atoms with E-state index in [1.54, 1.807) is 13.0 Å². The van der Waals surface area contributed by atoms with Gasteiger partial charge in [-0.1, -0.05) is 22.0 Å². The molecule has 1 aromatic rings. The van der Waals surface area contributed by atoms with Crippen LogP contribution in [-0.4, -0.2) is 22.3 Å². The number of esters is 1. The fourth-order valence-electron chi connectivity index (χ4n) is 1.50. The van der Waals surface area contributed by atoms with Gasteiger partial charge in [0, 0.05) is 12.1 Å². The van der Waals surface area contributed by atoms with Gasteiger partial charge in [0.05, 0.1) is 11.5 Å². The Morgan fingerprint density at radius 2 is 2.22 bits per heavy atom. The van der Waals surface area contributed by atoms with Crippen LogP contribution in [0.1, 0.15) is 18.1 Å². The van der Waals surface area contributed by atoms with Crippen LogP contribution in [0.15, 0.2) is 18.2 Å². The van der Waals surface area contributed by atoms with Gasteiger partial charge in [-0.3, -0.25) is 14.9 Å². The maximum atomic E-state index is 11.5. The number of nitro groups is 1. The molecule has 0 N–H and O–H groups in total. The minimum Gasteiger partial charge on any atom is -0.465 e. The minimum atomic E-state index is -0.488. The van der Waals surface area contributed by atoms with E-state index in [2.05, 4.69) is 15.9 Å². The van der Waals surface area contributed by atoms with E-state index in [1.807, 2.05) is 6.92 Å². The van der Waals surface area contributed by atoms with Crippen molar-refractivity contribution in [3.05, 3.63) is 39.4 Å². The number of non-ortho nitro benzene ring substituents is 1. The smallest absolute Gasteiger partial charge is 0.320 e. The normalized spacial score (nSPS) is 11.9. The first kappa shape index (κ1) is 14.6. The van der Waals surface area contributed by atoms with Gasteiger partial charge in [-0.25, -0.2) is 0 Å². The average Bonchev–Trinajstić information content (AvgIpc) is 2.31. The summed E-state index contributed by atoms with van der Waals surface area (Å²) in [7, 11) is 0. The Labute approximate surface area is 113 Å². The Morgan fingerprint density at radius 3 is 2.78 bits per heavy atom. The van der Waals surface area contributed by atoms with Crippen molar-refractivity contribution < 1.29 is 14.5 Å². The van der Waals surface area contributed by atoms with E-state index in [1.165, 1.54) is 12.1 Å². The number of alkyl halides is 1. The van der Waals surface area contributed by atoms with Crippen molar-refractivity contribution >= 4 is 27.6 Å². The summed E-state index contributed by atoms with van der Waals surface area (Å²) in [6.45, 7) is 3.90. The monoisotopic (exact) mass is 315 g/mol. The van der Waals surface area contributed by atoms with E-state index in [-0.39, 0.29) is 11.7 Å². The third-order valence-electron chi connectivity index (χ3n) is 2.49. The zero-order valence-corrected chi connectivity index (χ0v) is 11.8. The predicted octanol–water partition coefficient (Wildman–Crippen LogP) is 2.77. The molecular weight excluding hydrogens is 302 g/mol. The van der Waals surface area contributed by atoms with Gasteiger partial charge in [-0.2, -0.15) is 0 Å². The number of halogens is 1. The van der Waals surface area contributed by atoms with E-state index >= 15 is 0 Å². The van der Waals surface area contributed by atoms with Crippen LogP contribution >= 0.6 is 15.9 Å². The maximum Gasteiger partial charge on any atom is 0.320 e. The highest BCUT2D eigenvalue weighted by Gasteiger charge is 2.19. The number of nitro benzene ring substituents is 1. The van der Waals surface area contributed by atoms with Gasteiger partial charge in [0.15, 0.2) is 0 Å². The molecule has 1 aromatic carbocycles. The highest BCUT2D eigenvalue weighted by Crippen LogP contribution is 2.21. The summed E-state index contributed by atoms with van der Waals surface area (Å²) in [6, 6.07) is 4.62. The highest BCUT2D eigenvalue weighted by molar-refractivity contribution is 9.10. The Hall–Kier alpha value is -1.43. The Morgan fingerprint density at radius 1 is 1.56 bits per heavy atom. The number of ether oxygens (including phenoxy) is 1. The number of hydrogen-bond acceptors (Lipinski definition) is 4. The summed E-state index contributed by atoms with van der Waals surface area (Å²) in [6.07, 6.45) is 0.367. The molecule has 18 heavy (non-hydrogen) atoms. The molecule has 1 atom stereocenters. The molecule has 0 aromatic heterocycles. The van der Waals surface area contributed by atoms with Crippen molar-refractivity contribution in [3.63, 3.8) is 0 Å². The third-order valence-corrected chi connectivity index (χ3v) is 3.18. The Kier molecular flexibility index (Phi) is 5.27. The number of aryl methyl sites for hydroxylation is 1. The fourth-order valence-corrected chi connectivity index (χ4v) is 1.98. The molecule has 0 radical (unpaired) electrons. The highest BCUT2D eigenvalue weighted by atomic mass is 79.9. The van der Waals surface area contributed by atoms with Crippen LogP contribution in [0.4, 0.5) is 5.69 Å². The van der Waals surface area contributed by atoms with E-state index in [4.69, 9.17) is 4.74 Å². The van der Waals surface area contributed by atoms with Gasteiger partial charge in [0.25, 0.3) is 5.69 Å². The number of carbonyl (C=O) groups excluding carboxylic acids is 1. The van der Waals surface area contributed by atoms with Crippen LogP contribution in [0.2, 0.25) is 0 Å². The van der Waals surface area contributed by atoms with Crippen molar-refractivity contribution in [2.45, 2.75) is 25.1 Å². The first-order chi connectivity index (χ1) is 8.45. The molecule has 0 bridgehead atoms. The molecular formula is C12H14BrNO4. The molecule has 0 aliphatic carbocycles. The van der Waals surface area contributed by atoms with Gasteiger partial charge in [-0.05, 0) is 31.4 Å². The fraction of sp³-hybridized carbons (Fsp3) is 0.417. The van der Waals surface area contributed by atoms with Crippen LogP contribution in [-0.2, 0) is 16.0 Å². The molecule has 0 heterocycles. The molecule has 0 saturated carbocycles. The maximum absolute atomic E-state index is 11.5. The predicted molar refractivity (Wildman–Crippen MR) is 70.9 cm³/mol. The Balaban J connectivity index is 2.86. The number of benzene rings is 1. The van der Waals surface area contributed by atoms with Gasteiger partial charge in [-0.15, -0.1) is 0 Å². The first-order valence-electron chi connectivity index (χ1n) is 5.50. The standard InChI is InChI=1S/C12H14BrNO4/c1-3-18-12(15)11(13)7-9-6-10(14(16)17)5-4-8(9)2/h4-6,11H,3,7H2,1-2H3. The molecule has 0 spiro atoms. The van der Waals surface area contributed by atoms with Crippen LogP contribution in [0.3, 0.4) is 0 Å². The summed E-state index contributed by atoms with van der Waals surface area (Å²) >= 11 is 3.23. The van der Waals surface area contributed by atoms with Gasteiger partial charge in [0.1, 0.15) is 4.83 Å². The summed E-state index contributed by atoms with van der Waals surface area (Å²) in [5, 5.41) is 10.7. The molecule has 0 amide bonds. The lowest BCUT2D eigenvalue weighted by Gasteiger charge is -2.10. The molecule has 0 aliphatic rings. The van der Waals surface area contributed by atoms with Crippen LogP contribution in [0.25, 0.3) is 0 Å². The summed E-state index contributed by atoms with van der Waals surface area (Å²) in [5.41, 5.74) is 1.70. The second-order valence-electron chi connectivity index (χ2n) is 3.79. The van der Waals surface area contributed by atoms with Crippen molar-refractivity contribution in [1.29, 1.82) is 0 Å². The molecule has 1 rings (SSSR count). The van der Waals surface area contributed by atoms with Crippen molar-refractivity contribution in [2.24, 2.45) is 0 Å². The molecule has 0 fully saturated rings. The largest absolute Gasteiger partial charge is 0.465 e. The topological polar surface area (TPSA) is 69.4 Å². The van der Waals surface area contributed by atoms with Crippen molar-refractivity contribution in [1.82, 2.24) is 0 Å². The van der Waals surface area contributed by atoms with Crippen LogP contribution in [0.5, 0.6) is 0 Å². The lowest BCUT2D eigenvalue weighted by atomic mass is 10.0. The molecule has 0 saturated heterocycles. The van der Waals surface area contributed by atoms with Crippen LogP contribution < -0.4 is 0 Å². The summed E-state index contributed by atoms with van der Waals surface area (Å²) < 4.78 is 4.87. The molecule has 1 unspecified atom stereocenters. The van der Waals surface area contributed by atoms with E-state index in [0.29, 0.717) is 13.0 Å². The van der Waals surface area contributed by atoms with Gasteiger partial charge < -0.3 is 4.74 Å². The van der Waals surface area contributed by atoms with E-state index in [9.17, 15) is 14.9 Å². The molecule has 0 aliphatic heterocycles. The summed E-state index contributed by atoms with van der Waals surface area (Å²) in [5.74, 6) is -0.358.